The van der Waals surface area contributed by atoms with Gasteiger partial charge in [0.2, 0.25) is 0 Å². The number of carboxylic acid groups (broad SMARTS) is 2. The van der Waals surface area contributed by atoms with Gasteiger partial charge in [0.15, 0.2) is 0 Å². The number of aliphatic carboxylic acids is 2. The van der Waals surface area contributed by atoms with Crippen molar-refractivity contribution in [3.05, 3.63) is 12.2 Å². The summed E-state index contributed by atoms with van der Waals surface area (Å²) in [4.78, 5) is 18.8. The molecule has 0 rings (SSSR count). The van der Waals surface area contributed by atoms with Crippen LogP contribution in [0.2, 0.25) is 0 Å². The fourth-order valence-corrected chi connectivity index (χ4v) is 0.136. The van der Waals surface area contributed by atoms with E-state index in [1.54, 1.807) is 0 Å². The van der Waals surface area contributed by atoms with Gasteiger partial charge >= 0.3 is 0 Å². The van der Waals surface area contributed by atoms with Gasteiger partial charge in [0, 0.05) is 0 Å². The van der Waals surface area contributed by atoms with Gasteiger partial charge in [-0.25, -0.2) is 0 Å². The number of hydrogen-bond acceptors (Lipinski definition) is 4. The summed E-state index contributed by atoms with van der Waals surface area (Å²) in [6.45, 7) is 0. The third-order valence-corrected chi connectivity index (χ3v) is 0.355. The maximum atomic E-state index is 9.41. The molecule has 0 aliphatic carbocycles. The van der Waals surface area contributed by atoms with Crippen LogP contribution in [0.5, 0.6) is 0 Å². The van der Waals surface area contributed by atoms with Crippen molar-refractivity contribution in [2.75, 3.05) is 56.4 Å². The van der Waals surface area contributed by atoms with E-state index in [2.05, 4.69) is 56.4 Å². The normalized spacial score (nSPS) is 10.9. The zero-order chi connectivity index (χ0) is 15.6. The van der Waals surface area contributed by atoms with Crippen LogP contribution in [0.4, 0.5) is 0 Å². The highest BCUT2D eigenvalue weighted by atomic mass is 16.4. The van der Waals surface area contributed by atoms with Crippen LogP contribution >= 0.6 is 0 Å². The molecule has 0 fully saturated rings. The number of hydrogen-bond donors (Lipinski definition) is 0. The zero-order valence-electron chi connectivity index (χ0n) is 12.7. The summed E-state index contributed by atoms with van der Waals surface area (Å²) in [6.07, 6.45) is 0.769. The molecule has 108 valence electrons. The number of carbonyl (C=O) groups excluding carboxylic acids is 2. The molecule has 6 nitrogen and oxygen atoms in total. The van der Waals surface area contributed by atoms with E-state index in [4.69, 9.17) is 0 Å². The van der Waals surface area contributed by atoms with Crippen LogP contribution in [0.15, 0.2) is 12.2 Å². The predicted octanol–water partition coefficient (Wildman–Crippen LogP) is -2.31. The van der Waals surface area contributed by atoms with Crippen molar-refractivity contribution in [1.29, 1.82) is 0 Å². The highest BCUT2D eigenvalue weighted by Gasteiger charge is 1.88. The molecule has 0 bridgehead atoms. The molecule has 18 heavy (non-hydrogen) atoms. The zero-order valence-corrected chi connectivity index (χ0v) is 12.7. The summed E-state index contributed by atoms with van der Waals surface area (Å²) >= 11 is 0. The molecule has 6 heteroatoms. The van der Waals surface area contributed by atoms with Crippen LogP contribution in [0, 0.1) is 0 Å². The van der Waals surface area contributed by atoms with Crippen LogP contribution in [0.3, 0.4) is 0 Å². The van der Waals surface area contributed by atoms with Gasteiger partial charge in [0.1, 0.15) is 0 Å². The van der Waals surface area contributed by atoms with Gasteiger partial charge in [-0.2, -0.15) is 0 Å². The van der Waals surface area contributed by atoms with Crippen molar-refractivity contribution >= 4 is 11.9 Å². The first-order valence-corrected chi connectivity index (χ1v) is 5.30. The Morgan fingerprint density at radius 1 is 0.667 bits per heavy atom. The molecule has 0 aliphatic heterocycles. The van der Waals surface area contributed by atoms with Gasteiger partial charge < -0.3 is 28.8 Å². The van der Waals surface area contributed by atoms with E-state index in [1.165, 1.54) is 0 Å². The fourth-order valence-electron chi connectivity index (χ4n) is 0.136. The summed E-state index contributed by atoms with van der Waals surface area (Å²) in [6, 6.07) is 0. The SMILES string of the molecule is C[N+](C)(C)C.C[N+](C)(C)C.O=C([O-])C=CC(=O)[O-]. The van der Waals surface area contributed by atoms with E-state index in [9.17, 15) is 19.8 Å². The van der Waals surface area contributed by atoms with Gasteiger partial charge in [-0.3, -0.25) is 0 Å². The Hall–Kier alpha value is -1.40. The first kappa shape index (κ1) is 21.8. The number of rotatable bonds is 2. The molecule has 0 aromatic rings. The van der Waals surface area contributed by atoms with E-state index in [1.807, 2.05) is 0 Å². The second-order valence-corrected chi connectivity index (χ2v) is 6.34. The Balaban J connectivity index is -0.000000197. The molecule has 0 spiro atoms. The molecule has 0 amide bonds. The molecule has 0 heterocycles. The Bertz CT molecular complexity index is 233. The maximum absolute atomic E-state index is 9.41. The lowest BCUT2D eigenvalue weighted by molar-refractivity contribution is -0.849. The van der Waals surface area contributed by atoms with Gasteiger partial charge in [0.05, 0.1) is 68.3 Å². The average Bonchev–Trinajstić information content (AvgIpc) is 1.93. The van der Waals surface area contributed by atoms with E-state index < -0.39 is 11.9 Å². The Kier molecular flexibility index (Phi) is 11.7. The second-order valence-electron chi connectivity index (χ2n) is 6.34. The van der Waals surface area contributed by atoms with Gasteiger partial charge in [-0.1, -0.05) is 0 Å². The van der Waals surface area contributed by atoms with Gasteiger partial charge in [0.25, 0.3) is 0 Å². The van der Waals surface area contributed by atoms with Gasteiger partial charge in [-0.15, -0.1) is 0 Å². The van der Waals surface area contributed by atoms with Crippen molar-refractivity contribution in [2.45, 2.75) is 0 Å². The first-order valence-electron chi connectivity index (χ1n) is 5.30. The molecule has 0 aromatic carbocycles. The summed E-state index contributed by atoms with van der Waals surface area (Å²) in [5, 5.41) is 18.8. The largest absolute Gasteiger partial charge is 0.545 e. The van der Waals surface area contributed by atoms with Crippen molar-refractivity contribution in [3.8, 4) is 0 Å². The highest BCUT2D eigenvalue weighted by Crippen LogP contribution is 1.74. The third kappa shape index (κ3) is 208. The number of carboxylic acids is 2. The molecule has 0 aromatic heterocycles. The molecule has 0 atom stereocenters. The predicted molar refractivity (Wildman–Crippen MR) is 67.1 cm³/mol. The minimum atomic E-state index is -1.55. The molecular weight excluding hydrogens is 236 g/mol. The van der Waals surface area contributed by atoms with Crippen molar-refractivity contribution in [2.24, 2.45) is 0 Å². The van der Waals surface area contributed by atoms with Crippen molar-refractivity contribution in [3.63, 3.8) is 0 Å². The fraction of sp³-hybridized carbons (Fsp3) is 0.667. The van der Waals surface area contributed by atoms with Crippen molar-refractivity contribution in [1.82, 2.24) is 0 Å². The Labute approximate surface area is 110 Å². The third-order valence-electron chi connectivity index (χ3n) is 0.355. The highest BCUT2D eigenvalue weighted by molar-refractivity contribution is 5.87. The van der Waals surface area contributed by atoms with Crippen LogP contribution in [0.25, 0.3) is 0 Å². The summed E-state index contributed by atoms with van der Waals surface area (Å²) in [7, 11) is 17.0. The molecule has 0 aliphatic rings. The lowest BCUT2D eigenvalue weighted by atomic mass is 10.5. The molecular formula is C12H26N2O4. The molecule has 0 saturated heterocycles. The molecule has 0 saturated carbocycles. The lowest BCUT2D eigenvalue weighted by Gasteiger charge is -2.14. The van der Waals surface area contributed by atoms with E-state index >= 15 is 0 Å². The number of carbonyl (C=O) groups is 2. The second kappa shape index (κ2) is 9.61. The monoisotopic (exact) mass is 262 g/mol. The lowest BCUT2D eigenvalue weighted by Crippen LogP contribution is -2.27. The summed E-state index contributed by atoms with van der Waals surface area (Å²) < 4.78 is 2.00. The summed E-state index contributed by atoms with van der Waals surface area (Å²) in [5.41, 5.74) is 0. The van der Waals surface area contributed by atoms with Crippen LogP contribution in [-0.2, 0) is 9.59 Å². The number of quaternary nitrogens is 2. The smallest absolute Gasteiger partial charge is 0.0675 e. The minimum absolute atomic E-state index is 0.384. The van der Waals surface area contributed by atoms with E-state index in [-0.39, 0.29) is 0 Å². The van der Waals surface area contributed by atoms with Crippen LogP contribution in [0.1, 0.15) is 0 Å². The Morgan fingerprint density at radius 3 is 0.833 bits per heavy atom. The average molecular weight is 262 g/mol. The van der Waals surface area contributed by atoms with Crippen molar-refractivity contribution < 1.29 is 28.8 Å². The summed E-state index contributed by atoms with van der Waals surface area (Å²) in [5.74, 6) is -3.09. The topological polar surface area (TPSA) is 80.3 Å². The molecule has 0 radical (unpaired) electrons. The number of nitrogens with zero attached hydrogens (tertiary/aromatic N) is 2. The van der Waals surface area contributed by atoms with E-state index in [0.29, 0.717) is 12.2 Å². The minimum Gasteiger partial charge on any atom is -0.545 e. The quantitative estimate of drug-likeness (QED) is 0.413. The van der Waals surface area contributed by atoms with Crippen LogP contribution < -0.4 is 10.2 Å². The van der Waals surface area contributed by atoms with E-state index in [0.717, 1.165) is 8.97 Å². The molecule has 0 N–H and O–H groups in total. The van der Waals surface area contributed by atoms with Gasteiger partial charge in [-0.05, 0) is 12.2 Å². The maximum Gasteiger partial charge on any atom is 0.0675 e. The molecule has 0 unspecified atom stereocenters. The standard InChI is InChI=1S/2C4H12N.C4H4O4/c2*1-5(2,3)4;5-3(6)1-2-4(7)8/h2*1-4H3;1-2H,(H,5,6)(H,7,8)/q2*+1;/p-2. The first-order chi connectivity index (χ1) is 7.63. The van der Waals surface area contributed by atoms with Crippen LogP contribution in [-0.4, -0.2) is 77.3 Å². The Morgan fingerprint density at radius 2 is 0.778 bits per heavy atom.